The Kier molecular flexibility index (Phi) is 4.69. The molecule has 0 amide bonds. The molecule has 6 nitrogen and oxygen atoms in total. The number of rotatable bonds is 2. The van der Waals surface area contributed by atoms with E-state index in [0.29, 0.717) is 12.1 Å². The van der Waals surface area contributed by atoms with Gasteiger partial charge in [0.1, 0.15) is 0 Å². The van der Waals surface area contributed by atoms with E-state index < -0.39 is 37.4 Å². The van der Waals surface area contributed by atoms with Crippen LogP contribution in [0.25, 0.3) is 0 Å². The quantitative estimate of drug-likeness (QED) is 0.513. The summed E-state index contributed by atoms with van der Waals surface area (Å²) in [6.07, 6.45) is -4.84. The second-order valence-electron chi connectivity index (χ2n) is 2.91. The maximum Gasteiger partial charge on any atom is 0.416 e. The van der Waals surface area contributed by atoms with Crippen molar-refractivity contribution in [3.05, 3.63) is 33.9 Å². The molecule has 0 atom stereocenters. The van der Waals surface area contributed by atoms with E-state index in [-0.39, 0.29) is 18.5 Å². The summed E-state index contributed by atoms with van der Waals surface area (Å²) < 4.78 is 66.7. The third-order valence-electron chi connectivity index (χ3n) is 1.76. The molecule has 0 unspecified atom stereocenters. The Labute approximate surface area is 105 Å². The molecule has 0 aliphatic rings. The molecule has 0 saturated carbocycles. The minimum absolute atomic E-state index is 0. The van der Waals surface area contributed by atoms with Crippen LogP contribution in [0, 0.1) is 10.1 Å². The maximum atomic E-state index is 12.2. The van der Waals surface area contributed by atoms with Crippen LogP contribution in [0.5, 0.6) is 0 Å². The van der Waals surface area contributed by atoms with Crippen LogP contribution in [-0.4, -0.2) is 17.9 Å². The standard InChI is InChI=1S/C7H4F3NO5S.ClH/c8-7(9,10)4-1-2-6(17(14,15)16)5(3-4)11(12)13;/h1-3H,(H,14,15,16);1H. The van der Waals surface area contributed by atoms with Gasteiger partial charge in [-0.05, 0) is 12.1 Å². The topological polar surface area (TPSA) is 97.5 Å². The Morgan fingerprint density at radius 2 is 1.78 bits per heavy atom. The molecule has 0 fully saturated rings. The second kappa shape index (κ2) is 5.08. The number of benzene rings is 1. The summed E-state index contributed by atoms with van der Waals surface area (Å²) in [5.74, 6) is 0. The summed E-state index contributed by atoms with van der Waals surface area (Å²) in [5, 5.41) is 10.4. The van der Waals surface area contributed by atoms with E-state index in [9.17, 15) is 31.7 Å². The molecular formula is C7H5ClF3NO5S. The van der Waals surface area contributed by atoms with E-state index in [0.717, 1.165) is 0 Å². The van der Waals surface area contributed by atoms with Crippen molar-refractivity contribution in [1.82, 2.24) is 0 Å². The van der Waals surface area contributed by atoms with Gasteiger partial charge in [0.25, 0.3) is 5.69 Å². The minimum Gasteiger partial charge on any atom is -0.282 e. The fourth-order valence-electron chi connectivity index (χ4n) is 1.05. The lowest BCUT2D eigenvalue weighted by atomic mass is 10.2. The molecule has 0 aliphatic heterocycles. The first-order valence-electron chi connectivity index (χ1n) is 3.86. The summed E-state index contributed by atoms with van der Waals surface area (Å²) in [7, 11) is -4.95. The van der Waals surface area contributed by atoms with Crippen LogP contribution >= 0.6 is 12.4 Å². The molecule has 0 heterocycles. The van der Waals surface area contributed by atoms with Crippen molar-refractivity contribution >= 4 is 28.2 Å². The Balaban J connectivity index is 0.00000289. The van der Waals surface area contributed by atoms with Crippen molar-refractivity contribution < 1.29 is 31.1 Å². The van der Waals surface area contributed by atoms with Crippen molar-refractivity contribution in [2.75, 3.05) is 0 Å². The molecule has 1 rings (SSSR count). The lowest BCUT2D eigenvalue weighted by Gasteiger charge is -2.07. The fraction of sp³-hybridized carbons (Fsp3) is 0.143. The normalized spacial score (nSPS) is 11.8. The Bertz CT molecular complexity index is 571. The highest BCUT2D eigenvalue weighted by Gasteiger charge is 2.34. The van der Waals surface area contributed by atoms with Gasteiger partial charge < -0.3 is 0 Å². The van der Waals surface area contributed by atoms with E-state index in [1.165, 1.54) is 0 Å². The molecule has 18 heavy (non-hydrogen) atoms. The van der Waals surface area contributed by atoms with Crippen LogP contribution in [0.4, 0.5) is 18.9 Å². The molecule has 1 aromatic rings. The van der Waals surface area contributed by atoms with Crippen molar-refractivity contribution in [2.45, 2.75) is 11.1 Å². The van der Waals surface area contributed by atoms with Crippen molar-refractivity contribution in [2.24, 2.45) is 0 Å². The van der Waals surface area contributed by atoms with Gasteiger partial charge in [-0.2, -0.15) is 21.6 Å². The first kappa shape index (κ1) is 16.6. The number of nitrogens with zero attached hydrogens (tertiary/aromatic N) is 1. The van der Waals surface area contributed by atoms with Gasteiger partial charge in [-0.3, -0.25) is 14.7 Å². The summed E-state index contributed by atoms with van der Waals surface area (Å²) >= 11 is 0. The molecule has 0 saturated heterocycles. The zero-order chi connectivity index (χ0) is 13.4. The number of hydrogen-bond donors (Lipinski definition) is 1. The molecule has 0 aliphatic carbocycles. The van der Waals surface area contributed by atoms with Crippen LogP contribution in [-0.2, 0) is 16.3 Å². The predicted octanol–water partition coefficient (Wildman–Crippen LogP) is 2.28. The highest BCUT2D eigenvalue weighted by molar-refractivity contribution is 7.86. The molecule has 0 spiro atoms. The van der Waals surface area contributed by atoms with E-state index >= 15 is 0 Å². The fourth-order valence-corrected chi connectivity index (χ4v) is 1.69. The number of nitro groups is 1. The summed E-state index contributed by atoms with van der Waals surface area (Å²) in [6, 6.07) is 0.704. The monoisotopic (exact) mass is 307 g/mol. The Morgan fingerprint density at radius 3 is 2.11 bits per heavy atom. The van der Waals surface area contributed by atoms with E-state index in [1.54, 1.807) is 0 Å². The Morgan fingerprint density at radius 1 is 1.28 bits per heavy atom. The molecule has 0 aromatic heterocycles. The third kappa shape index (κ3) is 3.55. The minimum atomic E-state index is -4.95. The summed E-state index contributed by atoms with van der Waals surface area (Å²) in [5.41, 5.74) is -2.71. The maximum absolute atomic E-state index is 12.2. The molecular weight excluding hydrogens is 303 g/mol. The van der Waals surface area contributed by atoms with Crippen molar-refractivity contribution in [3.8, 4) is 0 Å². The van der Waals surface area contributed by atoms with Gasteiger partial charge in [-0.15, -0.1) is 12.4 Å². The highest BCUT2D eigenvalue weighted by Crippen LogP contribution is 2.34. The number of halogens is 4. The molecule has 0 radical (unpaired) electrons. The highest BCUT2D eigenvalue weighted by atomic mass is 35.5. The van der Waals surface area contributed by atoms with Gasteiger partial charge in [0.2, 0.25) is 0 Å². The second-order valence-corrected chi connectivity index (χ2v) is 4.30. The third-order valence-corrected chi connectivity index (χ3v) is 2.66. The predicted molar refractivity (Wildman–Crippen MR) is 55.2 cm³/mol. The lowest BCUT2D eigenvalue weighted by Crippen LogP contribution is -2.09. The van der Waals surface area contributed by atoms with Gasteiger partial charge in [-0.1, -0.05) is 0 Å². The largest absolute Gasteiger partial charge is 0.416 e. The molecule has 11 heteroatoms. The Hall–Kier alpha value is -1.39. The first-order valence-corrected chi connectivity index (χ1v) is 5.30. The zero-order valence-corrected chi connectivity index (χ0v) is 9.84. The van der Waals surface area contributed by atoms with Gasteiger partial charge in [0.15, 0.2) is 4.90 Å². The SMILES string of the molecule is Cl.O=[N+]([O-])c1cc(C(F)(F)F)ccc1S(=O)(=O)O. The number of hydrogen-bond acceptors (Lipinski definition) is 4. The van der Waals surface area contributed by atoms with Crippen LogP contribution in [0.15, 0.2) is 23.1 Å². The van der Waals surface area contributed by atoms with E-state index in [4.69, 9.17) is 4.55 Å². The molecule has 102 valence electrons. The van der Waals surface area contributed by atoms with E-state index in [1.807, 2.05) is 0 Å². The molecule has 1 aromatic carbocycles. The smallest absolute Gasteiger partial charge is 0.282 e. The molecule has 1 N–H and O–H groups in total. The van der Waals surface area contributed by atoms with Gasteiger partial charge in [0.05, 0.1) is 10.5 Å². The van der Waals surface area contributed by atoms with Gasteiger partial charge >= 0.3 is 16.3 Å². The summed E-state index contributed by atoms with van der Waals surface area (Å²) in [4.78, 5) is 7.90. The van der Waals surface area contributed by atoms with Crippen molar-refractivity contribution in [3.63, 3.8) is 0 Å². The number of nitro benzene ring substituents is 1. The van der Waals surface area contributed by atoms with Gasteiger partial charge in [0, 0.05) is 6.07 Å². The average molecular weight is 308 g/mol. The van der Waals surface area contributed by atoms with Crippen LogP contribution in [0.2, 0.25) is 0 Å². The summed E-state index contributed by atoms with van der Waals surface area (Å²) in [6.45, 7) is 0. The lowest BCUT2D eigenvalue weighted by molar-refractivity contribution is -0.388. The zero-order valence-electron chi connectivity index (χ0n) is 8.21. The average Bonchev–Trinajstić information content (AvgIpc) is 2.14. The van der Waals surface area contributed by atoms with E-state index in [2.05, 4.69) is 0 Å². The number of alkyl halides is 3. The van der Waals surface area contributed by atoms with Crippen molar-refractivity contribution in [1.29, 1.82) is 0 Å². The van der Waals surface area contributed by atoms with Gasteiger partial charge in [-0.25, -0.2) is 0 Å². The van der Waals surface area contributed by atoms with Crippen LogP contribution < -0.4 is 0 Å². The first-order chi connectivity index (χ1) is 7.53. The van der Waals surface area contributed by atoms with Crippen LogP contribution in [0.1, 0.15) is 5.56 Å². The van der Waals surface area contributed by atoms with Crippen LogP contribution in [0.3, 0.4) is 0 Å². The molecule has 0 bridgehead atoms.